The maximum absolute atomic E-state index is 11.9. The third-order valence-electron chi connectivity index (χ3n) is 4.04. The standard InChI is InChI=1S/C20H19ClN2O3/c1-3-26-20(25)13(2)10-16-11-17-18(8-9-19(24)22-17)23(16)12-14-4-6-15(21)7-5-14/h4-9,11H,2-3,10,12H2,1H3,(H,22,24). The van der Waals surface area contributed by atoms with Gasteiger partial charge in [0.05, 0.1) is 17.6 Å². The van der Waals surface area contributed by atoms with Crippen molar-refractivity contribution >= 4 is 28.6 Å². The van der Waals surface area contributed by atoms with E-state index in [4.69, 9.17) is 16.3 Å². The molecule has 3 aromatic rings. The number of hydrogen-bond donors (Lipinski definition) is 1. The van der Waals surface area contributed by atoms with Crippen molar-refractivity contribution in [1.82, 2.24) is 9.55 Å². The van der Waals surface area contributed by atoms with E-state index in [-0.39, 0.29) is 5.88 Å². The van der Waals surface area contributed by atoms with E-state index in [0.717, 1.165) is 16.8 Å². The average molecular weight is 371 g/mol. The smallest absolute Gasteiger partial charge is 0.333 e. The summed E-state index contributed by atoms with van der Waals surface area (Å²) in [6.45, 7) is 6.49. The van der Waals surface area contributed by atoms with Gasteiger partial charge in [0.15, 0.2) is 0 Å². The zero-order chi connectivity index (χ0) is 18.7. The van der Waals surface area contributed by atoms with E-state index >= 15 is 0 Å². The first-order chi connectivity index (χ1) is 12.5. The zero-order valence-electron chi connectivity index (χ0n) is 14.4. The van der Waals surface area contributed by atoms with Gasteiger partial charge in [0.1, 0.15) is 0 Å². The molecule has 0 aliphatic heterocycles. The van der Waals surface area contributed by atoms with Crippen LogP contribution in [0.2, 0.25) is 5.02 Å². The topological polar surface area (TPSA) is 64.4 Å². The summed E-state index contributed by atoms with van der Waals surface area (Å²) in [5.74, 6) is -0.455. The lowest BCUT2D eigenvalue weighted by Crippen LogP contribution is -2.12. The lowest BCUT2D eigenvalue weighted by atomic mass is 10.1. The van der Waals surface area contributed by atoms with Gasteiger partial charge in [-0.15, -0.1) is 0 Å². The lowest BCUT2D eigenvalue weighted by Gasteiger charge is -2.12. The number of carbonyl (C=O) groups excluding carboxylic acids is 1. The average Bonchev–Trinajstić information content (AvgIpc) is 2.93. The second-order valence-corrected chi connectivity index (χ2v) is 6.36. The number of esters is 1. The van der Waals surface area contributed by atoms with Gasteiger partial charge >= 0.3 is 5.97 Å². The Labute approximate surface area is 156 Å². The molecule has 5 nitrogen and oxygen atoms in total. The summed E-state index contributed by atoms with van der Waals surface area (Å²) in [7, 11) is 0. The first-order valence-corrected chi connectivity index (χ1v) is 8.63. The van der Waals surface area contributed by atoms with Gasteiger partial charge in [-0.05, 0) is 36.8 Å². The number of fused-ring (bicyclic) bond motifs is 1. The normalized spacial score (nSPS) is 10.8. The van der Waals surface area contributed by atoms with E-state index in [2.05, 4.69) is 16.1 Å². The molecule has 26 heavy (non-hydrogen) atoms. The number of aromatic nitrogens is 2. The second kappa shape index (κ2) is 7.62. The lowest BCUT2D eigenvalue weighted by molar-refractivity contribution is -0.138. The Morgan fingerprint density at radius 2 is 2.00 bits per heavy atom. The van der Waals surface area contributed by atoms with Crippen molar-refractivity contribution in [2.45, 2.75) is 19.9 Å². The molecule has 1 aromatic carbocycles. The molecule has 2 aromatic heterocycles. The van der Waals surface area contributed by atoms with Crippen LogP contribution < -0.4 is 0 Å². The highest BCUT2D eigenvalue weighted by molar-refractivity contribution is 6.30. The van der Waals surface area contributed by atoms with Gasteiger partial charge in [-0.1, -0.05) is 30.3 Å². The van der Waals surface area contributed by atoms with Crippen molar-refractivity contribution in [3.05, 3.63) is 70.9 Å². The summed E-state index contributed by atoms with van der Waals surface area (Å²) in [4.78, 5) is 16.1. The summed E-state index contributed by atoms with van der Waals surface area (Å²) in [5.41, 5.74) is 3.82. The molecule has 2 heterocycles. The van der Waals surface area contributed by atoms with Gasteiger partial charge in [-0.25, -0.2) is 9.78 Å². The van der Waals surface area contributed by atoms with Gasteiger partial charge in [-0.2, -0.15) is 0 Å². The minimum absolute atomic E-state index is 0.0445. The number of hydrogen-bond acceptors (Lipinski definition) is 4. The van der Waals surface area contributed by atoms with Crippen LogP contribution in [0.5, 0.6) is 5.88 Å². The minimum Gasteiger partial charge on any atom is -0.493 e. The van der Waals surface area contributed by atoms with Crippen LogP contribution in [0.3, 0.4) is 0 Å². The number of halogens is 1. The maximum atomic E-state index is 11.9. The molecular weight excluding hydrogens is 352 g/mol. The molecule has 0 atom stereocenters. The third-order valence-corrected chi connectivity index (χ3v) is 4.29. The predicted molar refractivity (Wildman–Crippen MR) is 101 cm³/mol. The van der Waals surface area contributed by atoms with E-state index in [9.17, 15) is 9.90 Å². The van der Waals surface area contributed by atoms with Crippen LogP contribution in [0.25, 0.3) is 11.0 Å². The number of benzene rings is 1. The van der Waals surface area contributed by atoms with Crippen LogP contribution in [-0.2, 0) is 22.5 Å². The van der Waals surface area contributed by atoms with Crippen molar-refractivity contribution in [3.63, 3.8) is 0 Å². The monoisotopic (exact) mass is 370 g/mol. The molecule has 0 aliphatic carbocycles. The number of rotatable bonds is 6. The molecule has 0 saturated carbocycles. The Hall–Kier alpha value is -2.79. The number of carbonyl (C=O) groups is 1. The Kier molecular flexibility index (Phi) is 5.28. The number of nitrogens with zero attached hydrogens (tertiary/aromatic N) is 2. The van der Waals surface area contributed by atoms with Gasteiger partial charge in [0.2, 0.25) is 5.88 Å². The third kappa shape index (κ3) is 3.89. The number of aromatic hydroxyl groups is 1. The minimum atomic E-state index is -0.411. The molecule has 0 unspecified atom stereocenters. The van der Waals surface area contributed by atoms with Crippen molar-refractivity contribution in [1.29, 1.82) is 0 Å². The van der Waals surface area contributed by atoms with Gasteiger partial charge in [-0.3, -0.25) is 0 Å². The van der Waals surface area contributed by atoms with E-state index in [0.29, 0.717) is 35.7 Å². The first kappa shape index (κ1) is 18.0. The zero-order valence-corrected chi connectivity index (χ0v) is 15.2. The van der Waals surface area contributed by atoms with Crippen molar-refractivity contribution in [2.24, 2.45) is 0 Å². The molecule has 0 spiro atoms. The molecular formula is C20H19ClN2O3. The molecule has 0 radical (unpaired) electrons. The molecule has 0 bridgehead atoms. The van der Waals surface area contributed by atoms with Crippen molar-refractivity contribution in [2.75, 3.05) is 6.61 Å². The number of ether oxygens (including phenoxy) is 1. The summed E-state index contributed by atoms with van der Waals surface area (Å²) < 4.78 is 7.07. The van der Waals surface area contributed by atoms with Gasteiger partial charge in [0, 0.05) is 35.3 Å². The second-order valence-electron chi connectivity index (χ2n) is 5.92. The Morgan fingerprint density at radius 1 is 1.27 bits per heavy atom. The highest BCUT2D eigenvalue weighted by Crippen LogP contribution is 2.24. The molecule has 0 saturated heterocycles. The summed E-state index contributed by atoms with van der Waals surface area (Å²) in [6.07, 6.45) is 0.337. The molecule has 134 valence electrons. The van der Waals surface area contributed by atoms with E-state index < -0.39 is 5.97 Å². The highest BCUT2D eigenvalue weighted by atomic mass is 35.5. The molecule has 0 amide bonds. The molecule has 1 N–H and O–H groups in total. The van der Waals surface area contributed by atoms with Crippen LogP contribution in [0.15, 0.2) is 54.6 Å². The molecule has 6 heteroatoms. The maximum Gasteiger partial charge on any atom is 0.333 e. The Balaban J connectivity index is 1.99. The summed E-state index contributed by atoms with van der Waals surface area (Å²) in [6, 6.07) is 12.8. The fourth-order valence-electron chi connectivity index (χ4n) is 2.81. The fourth-order valence-corrected chi connectivity index (χ4v) is 2.94. The number of pyridine rings is 1. The first-order valence-electron chi connectivity index (χ1n) is 8.25. The summed E-state index contributed by atoms with van der Waals surface area (Å²) >= 11 is 5.96. The Morgan fingerprint density at radius 3 is 2.69 bits per heavy atom. The van der Waals surface area contributed by atoms with Crippen molar-refractivity contribution in [3.8, 4) is 5.88 Å². The van der Waals surface area contributed by atoms with Crippen LogP contribution >= 0.6 is 11.6 Å². The van der Waals surface area contributed by atoms with Gasteiger partial charge < -0.3 is 14.4 Å². The molecule has 3 rings (SSSR count). The largest absolute Gasteiger partial charge is 0.493 e. The molecule has 0 fully saturated rings. The quantitative estimate of drug-likeness (QED) is 0.524. The van der Waals surface area contributed by atoms with Crippen LogP contribution in [0.4, 0.5) is 0 Å². The fraction of sp³-hybridized carbons (Fsp3) is 0.200. The van der Waals surface area contributed by atoms with Crippen molar-refractivity contribution < 1.29 is 14.6 Å². The van der Waals surface area contributed by atoms with E-state index in [1.165, 1.54) is 0 Å². The van der Waals surface area contributed by atoms with Crippen LogP contribution in [0.1, 0.15) is 18.2 Å². The Bertz CT molecular complexity index is 961. The highest BCUT2D eigenvalue weighted by Gasteiger charge is 2.15. The van der Waals surface area contributed by atoms with Crippen LogP contribution in [0, 0.1) is 0 Å². The summed E-state index contributed by atoms with van der Waals surface area (Å²) in [5, 5.41) is 10.3. The predicted octanol–water partition coefficient (Wildman–Crippen LogP) is 4.11. The van der Waals surface area contributed by atoms with E-state index in [1.54, 1.807) is 13.0 Å². The van der Waals surface area contributed by atoms with Gasteiger partial charge in [0.25, 0.3) is 0 Å². The SMILES string of the molecule is C=C(Cc1cc2nc(O)ccc2n1Cc1ccc(Cl)cc1)C(=O)OCC. The molecule has 0 aliphatic rings. The van der Waals surface area contributed by atoms with Crippen LogP contribution in [-0.4, -0.2) is 27.2 Å². The van der Waals surface area contributed by atoms with E-state index in [1.807, 2.05) is 36.4 Å².